The molecule has 1 aromatic carbocycles. The number of benzene rings is 1. The van der Waals surface area contributed by atoms with Gasteiger partial charge in [0.1, 0.15) is 0 Å². The number of nitrogens with one attached hydrogen (secondary N) is 1. The first-order valence-corrected chi connectivity index (χ1v) is 7.78. The van der Waals surface area contributed by atoms with Gasteiger partial charge in [-0.05, 0) is 58.9 Å². The van der Waals surface area contributed by atoms with Gasteiger partial charge in [0.15, 0.2) is 0 Å². The fourth-order valence-corrected chi connectivity index (χ4v) is 3.74. The number of nitriles is 1. The van der Waals surface area contributed by atoms with Crippen LogP contribution in [-0.4, -0.2) is 0 Å². The number of hydrogen-bond acceptors (Lipinski definition) is 3. The largest absolute Gasteiger partial charge is 0.303 e. The van der Waals surface area contributed by atoms with E-state index in [-0.39, 0.29) is 6.04 Å². The third kappa shape index (κ3) is 3.44. The Kier molecular flexibility index (Phi) is 4.76. The first-order chi connectivity index (χ1) is 9.11. The van der Waals surface area contributed by atoms with Crippen molar-refractivity contribution in [3.8, 4) is 6.07 Å². The molecular formula is C15H15BrN2S. The van der Waals surface area contributed by atoms with Gasteiger partial charge >= 0.3 is 0 Å². The summed E-state index contributed by atoms with van der Waals surface area (Å²) in [5.41, 5.74) is 1.89. The van der Waals surface area contributed by atoms with Crippen LogP contribution >= 0.6 is 27.3 Å². The van der Waals surface area contributed by atoms with Gasteiger partial charge in [-0.2, -0.15) is 5.26 Å². The summed E-state index contributed by atoms with van der Waals surface area (Å²) in [4.78, 5) is 1.31. The molecule has 0 fully saturated rings. The smallest absolute Gasteiger partial charge is 0.0991 e. The second-order valence-electron chi connectivity index (χ2n) is 4.48. The Hall–Kier alpha value is -1.15. The average Bonchev–Trinajstić information content (AvgIpc) is 2.85. The van der Waals surface area contributed by atoms with Gasteiger partial charge in [0.2, 0.25) is 0 Å². The summed E-state index contributed by atoms with van der Waals surface area (Å²) in [6.45, 7) is 4.30. The zero-order valence-corrected chi connectivity index (χ0v) is 13.3. The Bertz CT molecular complexity index is 583. The lowest BCUT2D eigenvalue weighted by Crippen LogP contribution is -2.22. The molecule has 0 aliphatic carbocycles. The molecule has 0 aliphatic rings. The van der Waals surface area contributed by atoms with Gasteiger partial charge < -0.3 is 5.32 Å². The van der Waals surface area contributed by atoms with E-state index in [4.69, 9.17) is 5.26 Å². The van der Waals surface area contributed by atoms with Crippen LogP contribution in [0.4, 0.5) is 0 Å². The maximum absolute atomic E-state index is 8.80. The molecule has 2 nitrogen and oxygen atoms in total. The second kappa shape index (κ2) is 6.33. The summed E-state index contributed by atoms with van der Waals surface area (Å²) < 4.78 is 1.16. The second-order valence-corrected chi connectivity index (χ2v) is 6.28. The summed E-state index contributed by atoms with van der Waals surface area (Å²) in [5, 5.41) is 14.5. The van der Waals surface area contributed by atoms with Crippen molar-refractivity contribution in [3.63, 3.8) is 0 Å². The van der Waals surface area contributed by atoms with Crippen molar-refractivity contribution < 1.29 is 0 Å². The van der Waals surface area contributed by atoms with E-state index in [2.05, 4.69) is 52.6 Å². The SMILES string of the molecule is CC(NC(C)c1sccc1Br)c1ccc(C#N)cc1. The lowest BCUT2D eigenvalue weighted by atomic mass is 10.1. The van der Waals surface area contributed by atoms with Gasteiger partial charge in [-0.25, -0.2) is 0 Å². The van der Waals surface area contributed by atoms with Crippen LogP contribution in [0.15, 0.2) is 40.2 Å². The molecule has 2 unspecified atom stereocenters. The highest BCUT2D eigenvalue weighted by Crippen LogP contribution is 2.30. The maximum Gasteiger partial charge on any atom is 0.0991 e. The molecule has 1 N–H and O–H groups in total. The zero-order chi connectivity index (χ0) is 13.8. The fourth-order valence-electron chi connectivity index (χ4n) is 2.01. The molecule has 4 heteroatoms. The van der Waals surface area contributed by atoms with Crippen LogP contribution in [0, 0.1) is 11.3 Å². The van der Waals surface area contributed by atoms with E-state index in [0.717, 1.165) is 4.47 Å². The van der Waals surface area contributed by atoms with Crippen LogP contribution in [0.3, 0.4) is 0 Å². The van der Waals surface area contributed by atoms with Crippen molar-refractivity contribution >= 4 is 27.3 Å². The predicted molar refractivity (Wildman–Crippen MR) is 83.1 cm³/mol. The summed E-state index contributed by atoms with van der Waals surface area (Å²) in [6.07, 6.45) is 0. The summed E-state index contributed by atoms with van der Waals surface area (Å²) in [5.74, 6) is 0. The summed E-state index contributed by atoms with van der Waals surface area (Å²) in [7, 11) is 0. The lowest BCUT2D eigenvalue weighted by molar-refractivity contribution is 0.499. The van der Waals surface area contributed by atoms with Crippen molar-refractivity contribution in [3.05, 3.63) is 56.2 Å². The number of nitrogens with zero attached hydrogens (tertiary/aromatic N) is 1. The molecule has 98 valence electrons. The van der Waals surface area contributed by atoms with Crippen LogP contribution in [0.2, 0.25) is 0 Å². The van der Waals surface area contributed by atoms with Gasteiger partial charge in [-0.15, -0.1) is 11.3 Å². The van der Waals surface area contributed by atoms with E-state index in [1.807, 2.05) is 24.3 Å². The Balaban J connectivity index is 2.06. The maximum atomic E-state index is 8.80. The van der Waals surface area contributed by atoms with E-state index in [1.54, 1.807) is 11.3 Å². The van der Waals surface area contributed by atoms with Gasteiger partial charge in [0, 0.05) is 21.4 Å². The minimum Gasteiger partial charge on any atom is -0.303 e. The van der Waals surface area contributed by atoms with Crippen molar-refractivity contribution in [1.82, 2.24) is 5.32 Å². The Morgan fingerprint density at radius 1 is 1.16 bits per heavy atom. The van der Waals surface area contributed by atoms with E-state index < -0.39 is 0 Å². The minimum atomic E-state index is 0.247. The molecule has 2 atom stereocenters. The summed E-state index contributed by atoms with van der Waals surface area (Å²) in [6, 6.07) is 12.5. The molecule has 0 aliphatic heterocycles. The van der Waals surface area contributed by atoms with E-state index in [9.17, 15) is 0 Å². The number of hydrogen-bond donors (Lipinski definition) is 1. The highest BCUT2D eigenvalue weighted by Gasteiger charge is 2.14. The molecule has 0 saturated carbocycles. The molecule has 0 amide bonds. The van der Waals surface area contributed by atoms with Crippen molar-refractivity contribution in [2.75, 3.05) is 0 Å². The van der Waals surface area contributed by atoms with Crippen LogP contribution in [-0.2, 0) is 0 Å². The minimum absolute atomic E-state index is 0.247. The van der Waals surface area contributed by atoms with Gasteiger partial charge in [-0.3, -0.25) is 0 Å². The number of thiophene rings is 1. The summed E-state index contributed by atoms with van der Waals surface area (Å²) >= 11 is 5.31. The predicted octanol–water partition coefficient (Wildman–Crippen LogP) is 4.79. The van der Waals surface area contributed by atoms with Crippen molar-refractivity contribution in [2.45, 2.75) is 25.9 Å². The Morgan fingerprint density at radius 2 is 1.84 bits per heavy atom. The zero-order valence-electron chi connectivity index (χ0n) is 10.9. The first kappa shape index (κ1) is 14.3. The molecule has 0 radical (unpaired) electrons. The molecule has 2 rings (SSSR count). The molecule has 0 spiro atoms. The normalized spacial score (nSPS) is 13.8. The molecule has 0 saturated heterocycles. The average molecular weight is 335 g/mol. The fraction of sp³-hybridized carbons (Fsp3) is 0.267. The monoisotopic (exact) mass is 334 g/mol. The van der Waals surface area contributed by atoms with E-state index in [1.165, 1.54) is 10.4 Å². The van der Waals surface area contributed by atoms with Crippen molar-refractivity contribution in [2.24, 2.45) is 0 Å². The van der Waals surface area contributed by atoms with Crippen molar-refractivity contribution in [1.29, 1.82) is 5.26 Å². The highest BCUT2D eigenvalue weighted by molar-refractivity contribution is 9.10. The lowest BCUT2D eigenvalue weighted by Gasteiger charge is -2.20. The highest BCUT2D eigenvalue weighted by atomic mass is 79.9. The topological polar surface area (TPSA) is 35.8 Å². The molecular weight excluding hydrogens is 320 g/mol. The quantitative estimate of drug-likeness (QED) is 0.872. The molecule has 1 heterocycles. The molecule has 2 aromatic rings. The molecule has 19 heavy (non-hydrogen) atoms. The Morgan fingerprint density at radius 3 is 2.37 bits per heavy atom. The van der Waals surface area contributed by atoms with Gasteiger partial charge in [0.25, 0.3) is 0 Å². The van der Waals surface area contributed by atoms with Gasteiger partial charge in [0.05, 0.1) is 11.6 Å². The third-order valence-electron chi connectivity index (χ3n) is 3.08. The van der Waals surface area contributed by atoms with Crippen LogP contribution in [0.5, 0.6) is 0 Å². The molecule has 1 aromatic heterocycles. The van der Waals surface area contributed by atoms with Gasteiger partial charge in [-0.1, -0.05) is 12.1 Å². The Labute approximate surface area is 126 Å². The number of rotatable bonds is 4. The molecule has 0 bridgehead atoms. The number of halogens is 1. The third-order valence-corrected chi connectivity index (χ3v) is 5.13. The standard InChI is InChI=1S/C15H15BrN2S/c1-10(13-5-3-12(9-17)4-6-13)18-11(2)15-14(16)7-8-19-15/h3-8,10-11,18H,1-2H3. The van der Waals surface area contributed by atoms with Crippen LogP contribution in [0.25, 0.3) is 0 Å². The van der Waals surface area contributed by atoms with E-state index >= 15 is 0 Å². The van der Waals surface area contributed by atoms with Crippen LogP contribution < -0.4 is 5.32 Å². The first-order valence-electron chi connectivity index (χ1n) is 6.11. The van der Waals surface area contributed by atoms with Crippen LogP contribution in [0.1, 0.15) is 41.9 Å². The van der Waals surface area contributed by atoms with E-state index in [0.29, 0.717) is 11.6 Å².